The topological polar surface area (TPSA) is 57.5 Å². The lowest BCUT2D eigenvalue weighted by atomic mass is 9.96. The van der Waals surface area contributed by atoms with Crippen molar-refractivity contribution in [3.8, 4) is 12.3 Å². The number of likely N-dealkylation sites (tertiary alicyclic amines) is 1. The van der Waals surface area contributed by atoms with E-state index in [0.717, 1.165) is 52.4 Å². The van der Waals surface area contributed by atoms with Crippen LogP contribution in [0.5, 0.6) is 0 Å². The summed E-state index contributed by atoms with van der Waals surface area (Å²) < 4.78 is 5.35. The Bertz CT molecular complexity index is 467. The molecule has 0 bridgehead atoms. The van der Waals surface area contributed by atoms with Crippen molar-refractivity contribution in [2.24, 2.45) is 16.1 Å². The van der Waals surface area contributed by atoms with E-state index in [0.29, 0.717) is 25.2 Å². The van der Waals surface area contributed by atoms with E-state index in [4.69, 9.17) is 11.2 Å². The lowest BCUT2D eigenvalue weighted by Gasteiger charge is -2.42. The molecule has 0 aromatic rings. The molecule has 0 atom stereocenters. The Labute approximate surface area is 131 Å². The number of carbonyl (C=O) groups is 1. The first kappa shape index (κ1) is 15.4. The predicted molar refractivity (Wildman–Crippen MR) is 82.2 cm³/mol. The molecule has 0 aromatic carbocycles. The second kappa shape index (κ2) is 6.76. The van der Waals surface area contributed by atoms with Gasteiger partial charge in [0.2, 0.25) is 5.91 Å². The van der Waals surface area contributed by atoms with Gasteiger partial charge in [-0.1, -0.05) is 0 Å². The Morgan fingerprint density at radius 3 is 2.64 bits per heavy atom. The van der Waals surface area contributed by atoms with Crippen LogP contribution in [0.3, 0.4) is 0 Å². The summed E-state index contributed by atoms with van der Waals surface area (Å²) in [6.07, 6.45) is 7.95. The molecule has 0 radical (unpaired) electrons. The summed E-state index contributed by atoms with van der Waals surface area (Å²) in [6.45, 7) is 6.58. The van der Waals surface area contributed by atoms with Crippen molar-refractivity contribution >= 4 is 5.91 Å². The third kappa shape index (κ3) is 3.84. The van der Waals surface area contributed by atoms with Crippen LogP contribution in [0.1, 0.15) is 25.7 Å². The Kier molecular flexibility index (Phi) is 4.74. The van der Waals surface area contributed by atoms with Crippen molar-refractivity contribution in [3.63, 3.8) is 0 Å². The zero-order chi connectivity index (χ0) is 15.4. The summed E-state index contributed by atoms with van der Waals surface area (Å²) in [6, 6.07) is 0. The average molecular weight is 304 g/mol. The number of hydrogen-bond acceptors (Lipinski definition) is 5. The van der Waals surface area contributed by atoms with Gasteiger partial charge in [0.15, 0.2) is 5.66 Å². The molecule has 0 aromatic heterocycles. The SMILES string of the molecule is C#CCCC1(CCC(=O)N2CC(CN3CCOCC3)C2)N=N1. The summed E-state index contributed by atoms with van der Waals surface area (Å²) in [5.74, 6) is 3.46. The summed E-state index contributed by atoms with van der Waals surface area (Å²) in [5.41, 5.74) is -0.333. The van der Waals surface area contributed by atoms with Gasteiger partial charge in [0.1, 0.15) is 0 Å². The van der Waals surface area contributed by atoms with Gasteiger partial charge in [0, 0.05) is 64.3 Å². The van der Waals surface area contributed by atoms with Crippen molar-refractivity contribution < 1.29 is 9.53 Å². The fourth-order valence-electron chi connectivity index (χ4n) is 3.17. The smallest absolute Gasteiger partial charge is 0.222 e. The lowest BCUT2D eigenvalue weighted by Crippen LogP contribution is -2.55. The van der Waals surface area contributed by atoms with E-state index in [-0.39, 0.29) is 11.6 Å². The predicted octanol–water partition coefficient (Wildman–Crippen LogP) is 1.13. The van der Waals surface area contributed by atoms with Crippen LogP contribution >= 0.6 is 0 Å². The van der Waals surface area contributed by atoms with E-state index < -0.39 is 0 Å². The molecule has 3 heterocycles. The van der Waals surface area contributed by atoms with Crippen molar-refractivity contribution in [1.29, 1.82) is 0 Å². The number of amides is 1. The minimum atomic E-state index is -0.333. The molecule has 6 heteroatoms. The molecule has 22 heavy (non-hydrogen) atoms. The zero-order valence-corrected chi connectivity index (χ0v) is 13.0. The number of ether oxygens (including phenoxy) is 1. The van der Waals surface area contributed by atoms with Crippen molar-refractivity contribution in [3.05, 3.63) is 0 Å². The lowest BCUT2D eigenvalue weighted by molar-refractivity contribution is -0.138. The van der Waals surface area contributed by atoms with Crippen LogP contribution in [0.25, 0.3) is 0 Å². The van der Waals surface area contributed by atoms with E-state index in [9.17, 15) is 4.79 Å². The number of rotatable bonds is 7. The van der Waals surface area contributed by atoms with Crippen molar-refractivity contribution in [2.45, 2.75) is 31.3 Å². The molecule has 2 fully saturated rings. The van der Waals surface area contributed by atoms with Gasteiger partial charge in [-0.2, -0.15) is 10.2 Å². The van der Waals surface area contributed by atoms with Crippen LogP contribution in [0.4, 0.5) is 0 Å². The van der Waals surface area contributed by atoms with E-state index in [2.05, 4.69) is 21.0 Å². The Morgan fingerprint density at radius 1 is 1.27 bits per heavy atom. The highest BCUT2D eigenvalue weighted by Crippen LogP contribution is 2.38. The maximum absolute atomic E-state index is 12.2. The molecule has 0 saturated carbocycles. The van der Waals surface area contributed by atoms with E-state index in [1.54, 1.807) is 0 Å². The number of hydrogen-bond donors (Lipinski definition) is 0. The fourth-order valence-corrected chi connectivity index (χ4v) is 3.17. The summed E-state index contributed by atoms with van der Waals surface area (Å²) in [7, 11) is 0. The van der Waals surface area contributed by atoms with Gasteiger partial charge in [-0.05, 0) is 0 Å². The second-order valence-electron chi connectivity index (χ2n) is 6.46. The van der Waals surface area contributed by atoms with E-state index in [1.165, 1.54) is 0 Å². The highest BCUT2D eigenvalue weighted by atomic mass is 16.5. The van der Waals surface area contributed by atoms with Crippen LogP contribution in [-0.4, -0.2) is 67.3 Å². The van der Waals surface area contributed by atoms with Gasteiger partial charge in [-0.15, -0.1) is 12.3 Å². The minimum Gasteiger partial charge on any atom is -0.379 e. The molecule has 3 aliphatic rings. The number of terminal acetylenes is 1. The molecule has 0 aliphatic carbocycles. The molecular formula is C16H24N4O2. The average Bonchev–Trinajstić information content (AvgIpc) is 3.28. The summed E-state index contributed by atoms with van der Waals surface area (Å²) in [5, 5.41) is 8.16. The van der Waals surface area contributed by atoms with E-state index >= 15 is 0 Å². The summed E-state index contributed by atoms with van der Waals surface area (Å²) >= 11 is 0. The Morgan fingerprint density at radius 2 is 2.00 bits per heavy atom. The summed E-state index contributed by atoms with van der Waals surface area (Å²) in [4.78, 5) is 16.6. The standard InChI is InChI=1S/C16H24N4O2/c1-2-3-5-16(17-18-16)6-4-15(21)20-12-14(13-20)11-19-7-9-22-10-8-19/h1,14H,3-13H2. The highest BCUT2D eigenvalue weighted by molar-refractivity contribution is 5.77. The third-order valence-electron chi connectivity index (χ3n) is 4.72. The molecule has 0 unspecified atom stereocenters. The molecule has 0 spiro atoms. The quantitative estimate of drug-likeness (QED) is 0.663. The first-order chi connectivity index (χ1) is 10.7. The molecule has 2 saturated heterocycles. The van der Waals surface area contributed by atoms with Gasteiger partial charge in [-0.3, -0.25) is 9.69 Å². The number of carbonyl (C=O) groups excluding carboxylic acids is 1. The van der Waals surface area contributed by atoms with Crippen molar-refractivity contribution in [1.82, 2.24) is 9.80 Å². The monoisotopic (exact) mass is 304 g/mol. The molecule has 3 aliphatic heterocycles. The van der Waals surface area contributed by atoms with Crippen LogP contribution < -0.4 is 0 Å². The fraction of sp³-hybridized carbons (Fsp3) is 0.812. The Hall–Kier alpha value is -1.45. The molecule has 6 nitrogen and oxygen atoms in total. The molecule has 0 N–H and O–H groups in total. The maximum Gasteiger partial charge on any atom is 0.222 e. The number of nitrogens with zero attached hydrogens (tertiary/aromatic N) is 4. The molecule has 3 rings (SSSR count). The van der Waals surface area contributed by atoms with Gasteiger partial charge in [0.05, 0.1) is 13.2 Å². The molecule has 120 valence electrons. The highest BCUT2D eigenvalue weighted by Gasteiger charge is 2.40. The van der Waals surface area contributed by atoms with Gasteiger partial charge < -0.3 is 9.64 Å². The van der Waals surface area contributed by atoms with Crippen LogP contribution in [-0.2, 0) is 9.53 Å². The number of morpholine rings is 1. The van der Waals surface area contributed by atoms with Gasteiger partial charge >= 0.3 is 0 Å². The van der Waals surface area contributed by atoms with Crippen molar-refractivity contribution in [2.75, 3.05) is 45.9 Å². The third-order valence-corrected chi connectivity index (χ3v) is 4.72. The Balaban J connectivity index is 1.31. The normalized spacial score (nSPS) is 23.9. The first-order valence-electron chi connectivity index (χ1n) is 8.16. The first-order valence-corrected chi connectivity index (χ1v) is 8.16. The zero-order valence-electron chi connectivity index (χ0n) is 13.0. The van der Waals surface area contributed by atoms with Gasteiger partial charge in [-0.25, -0.2) is 0 Å². The molecule has 1 amide bonds. The maximum atomic E-state index is 12.2. The second-order valence-corrected chi connectivity index (χ2v) is 6.46. The molecular weight excluding hydrogens is 280 g/mol. The van der Waals surface area contributed by atoms with Crippen LogP contribution in [0.2, 0.25) is 0 Å². The largest absolute Gasteiger partial charge is 0.379 e. The van der Waals surface area contributed by atoms with Crippen LogP contribution in [0.15, 0.2) is 10.2 Å². The van der Waals surface area contributed by atoms with Crippen LogP contribution in [0, 0.1) is 18.3 Å². The van der Waals surface area contributed by atoms with E-state index in [1.807, 2.05) is 4.90 Å². The van der Waals surface area contributed by atoms with Gasteiger partial charge in [0.25, 0.3) is 0 Å². The minimum absolute atomic E-state index is 0.232.